The molecule has 5 heteroatoms. The molecule has 1 aromatic heterocycles. The Kier molecular flexibility index (Phi) is 3.24. The van der Waals surface area contributed by atoms with Crippen LogP contribution in [-0.2, 0) is 0 Å². The molecule has 0 aromatic carbocycles. The minimum Gasteiger partial charge on any atom is -0.384 e. The SMILES string of the molecule is CC1(NC(=O)c2cc(N)nc(Cl)c2)CCCC1. The number of hydrogen-bond donors (Lipinski definition) is 2. The van der Waals surface area contributed by atoms with Crippen molar-refractivity contribution in [2.75, 3.05) is 5.73 Å². The van der Waals surface area contributed by atoms with E-state index in [4.69, 9.17) is 17.3 Å². The van der Waals surface area contributed by atoms with Gasteiger partial charge in [0.25, 0.3) is 5.91 Å². The van der Waals surface area contributed by atoms with Crippen molar-refractivity contribution >= 4 is 23.3 Å². The van der Waals surface area contributed by atoms with E-state index in [2.05, 4.69) is 17.2 Å². The van der Waals surface area contributed by atoms with Gasteiger partial charge in [0.2, 0.25) is 0 Å². The zero-order valence-corrected chi connectivity index (χ0v) is 10.5. The fourth-order valence-electron chi connectivity index (χ4n) is 2.27. The summed E-state index contributed by atoms with van der Waals surface area (Å²) < 4.78 is 0. The Morgan fingerprint density at radius 3 is 2.71 bits per heavy atom. The number of hydrogen-bond acceptors (Lipinski definition) is 3. The number of carbonyl (C=O) groups excluding carboxylic acids is 1. The number of nitrogens with zero attached hydrogens (tertiary/aromatic N) is 1. The Morgan fingerprint density at radius 1 is 1.47 bits per heavy atom. The lowest BCUT2D eigenvalue weighted by atomic mass is 10.00. The Morgan fingerprint density at radius 2 is 2.12 bits per heavy atom. The van der Waals surface area contributed by atoms with Gasteiger partial charge in [-0.3, -0.25) is 4.79 Å². The summed E-state index contributed by atoms with van der Waals surface area (Å²) in [7, 11) is 0. The summed E-state index contributed by atoms with van der Waals surface area (Å²) in [5.74, 6) is 0.129. The number of nitrogens with one attached hydrogen (secondary N) is 1. The van der Waals surface area contributed by atoms with Gasteiger partial charge in [0, 0.05) is 11.1 Å². The molecular weight excluding hydrogens is 238 g/mol. The highest BCUT2D eigenvalue weighted by Gasteiger charge is 2.30. The maximum Gasteiger partial charge on any atom is 0.251 e. The van der Waals surface area contributed by atoms with Crippen LogP contribution in [0.15, 0.2) is 12.1 Å². The first-order valence-electron chi connectivity index (χ1n) is 5.74. The van der Waals surface area contributed by atoms with Gasteiger partial charge in [-0.15, -0.1) is 0 Å². The third-order valence-corrected chi connectivity index (χ3v) is 3.39. The summed E-state index contributed by atoms with van der Waals surface area (Å²) in [4.78, 5) is 15.9. The molecule has 1 heterocycles. The van der Waals surface area contributed by atoms with Crippen molar-refractivity contribution in [2.45, 2.75) is 38.1 Å². The van der Waals surface area contributed by atoms with Gasteiger partial charge in [0.05, 0.1) is 0 Å². The van der Waals surface area contributed by atoms with Crippen LogP contribution in [0.5, 0.6) is 0 Å². The van der Waals surface area contributed by atoms with E-state index in [0.717, 1.165) is 25.7 Å². The van der Waals surface area contributed by atoms with Crippen LogP contribution < -0.4 is 11.1 Å². The van der Waals surface area contributed by atoms with Crippen LogP contribution in [-0.4, -0.2) is 16.4 Å². The fourth-order valence-corrected chi connectivity index (χ4v) is 2.49. The number of anilines is 1. The number of amides is 1. The van der Waals surface area contributed by atoms with Crippen molar-refractivity contribution in [2.24, 2.45) is 0 Å². The second-order valence-corrected chi connectivity index (χ2v) is 5.21. The lowest BCUT2D eigenvalue weighted by molar-refractivity contribution is 0.0908. The summed E-state index contributed by atoms with van der Waals surface area (Å²) in [6, 6.07) is 3.07. The van der Waals surface area contributed by atoms with Gasteiger partial charge in [-0.05, 0) is 31.9 Å². The minimum absolute atomic E-state index is 0.0956. The molecule has 1 aliphatic rings. The number of nitrogen functional groups attached to an aromatic ring is 1. The highest BCUT2D eigenvalue weighted by Crippen LogP contribution is 2.29. The molecule has 0 unspecified atom stereocenters. The first-order valence-corrected chi connectivity index (χ1v) is 6.12. The maximum atomic E-state index is 12.1. The topological polar surface area (TPSA) is 68.0 Å². The second kappa shape index (κ2) is 4.53. The molecule has 0 spiro atoms. The second-order valence-electron chi connectivity index (χ2n) is 4.83. The van der Waals surface area contributed by atoms with Crippen molar-refractivity contribution in [3.8, 4) is 0 Å². The third kappa shape index (κ3) is 2.88. The molecular formula is C12H16ClN3O. The molecule has 1 amide bonds. The predicted molar refractivity (Wildman–Crippen MR) is 68.0 cm³/mol. The molecule has 0 saturated heterocycles. The molecule has 0 radical (unpaired) electrons. The lowest BCUT2D eigenvalue weighted by Crippen LogP contribution is -2.43. The molecule has 1 aliphatic carbocycles. The van der Waals surface area contributed by atoms with Crippen LogP contribution in [0.3, 0.4) is 0 Å². The molecule has 0 atom stereocenters. The number of pyridine rings is 1. The average molecular weight is 254 g/mol. The molecule has 17 heavy (non-hydrogen) atoms. The molecule has 4 nitrogen and oxygen atoms in total. The maximum absolute atomic E-state index is 12.1. The molecule has 3 N–H and O–H groups in total. The highest BCUT2D eigenvalue weighted by molar-refractivity contribution is 6.29. The van der Waals surface area contributed by atoms with E-state index < -0.39 is 0 Å². The Labute approximate surface area is 106 Å². The first-order chi connectivity index (χ1) is 7.98. The molecule has 1 saturated carbocycles. The van der Waals surface area contributed by atoms with E-state index in [1.807, 2.05) is 0 Å². The summed E-state index contributed by atoms with van der Waals surface area (Å²) in [5, 5.41) is 3.29. The normalized spacial score (nSPS) is 18.0. The van der Waals surface area contributed by atoms with E-state index in [1.165, 1.54) is 6.07 Å². The van der Waals surface area contributed by atoms with Gasteiger partial charge < -0.3 is 11.1 Å². The number of carbonyl (C=O) groups is 1. The van der Waals surface area contributed by atoms with Crippen molar-refractivity contribution < 1.29 is 4.79 Å². The van der Waals surface area contributed by atoms with Crippen LogP contribution in [0.1, 0.15) is 43.0 Å². The predicted octanol–water partition coefficient (Wildman–Crippen LogP) is 2.38. The van der Waals surface area contributed by atoms with Gasteiger partial charge in [0.15, 0.2) is 0 Å². The number of rotatable bonds is 2. The average Bonchev–Trinajstić information content (AvgIpc) is 2.63. The number of halogens is 1. The first kappa shape index (κ1) is 12.2. The third-order valence-electron chi connectivity index (χ3n) is 3.20. The number of nitrogens with two attached hydrogens (primary N) is 1. The standard InChI is InChI=1S/C12H16ClN3O/c1-12(4-2-3-5-12)16-11(17)8-6-9(13)15-10(14)7-8/h6-7H,2-5H2,1H3,(H2,14,15)(H,16,17). The molecule has 2 rings (SSSR count). The quantitative estimate of drug-likeness (QED) is 0.795. The van der Waals surface area contributed by atoms with Gasteiger partial charge in [-0.2, -0.15) is 0 Å². The Hall–Kier alpha value is -1.29. The lowest BCUT2D eigenvalue weighted by Gasteiger charge is -2.25. The van der Waals surface area contributed by atoms with Crippen molar-refractivity contribution in [1.29, 1.82) is 0 Å². The van der Waals surface area contributed by atoms with Crippen molar-refractivity contribution in [3.63, 3.8) is 0 Å². The summed E-state index contributed by atoms with van der Waals surface area (Å²) in [5.41, 5.74) is 5.94. The van der Waals surface area contributed by atoms with Gasteiger partial charge >= 0.3 is 0 Å². The monoisotopic (exact) mass is 253 g/mol. The van der Waals surface area contributed by atoms with E-state index in [-0.39, 0.29) is 22.4 Å². The van der Waals surface area contributed by atoms with E-state index in [1.54, 1.807) is 6.07 Å². The van der Waals surface area contributed by atoms with Gasteiger partial charge in [0.1, 0.15) is 11.0 Å². The van der Waals surface area contributed by atoms with E-state index >= 15 is 0 Å². The highest BCUT2D eigenvalue weighted by atomic mass is 35.5. The molecule has 0 aliphatic heterocycles. The van der Waals surface area contributed by atoms with Crippen LogP contribution in [0.2, 0.25) is 5.15 Å². The smallest absolute Gasteiger partial charge is 0.251 e. The van der Waals surface area contributed by atoms with Crippen LogP contribution >= 0.6 is 11.6 Å². The summed E-state index contributed by atoms with van der Waals surface area (Å²) in [6.45, 7) is 2.07. The zero-order valence-electron chi connectivity index (χ0n) is 9.79. The molecule has 0 bridgehead atoms. The largest absolute Gasteiger partial charge is 0.384 e. The van der Waals surface area contributed by atoms with Crippen molar-refractivity contribution in [3.05, 3.63) is 22.8 Å². The van der Waals surface area contributed by atoms with Crippen LogP contribution in [0.25, 0.3) is 0 Å². The van der Waals surface area contributed by atoms with Crippen LogP contribution in [0, 0.1) is 0 Å². The molecule has 1 fully saturated rings. The fraction of sp³-hybridized carbons (Fsp3) is 0.500. The summed E-state index contributed by atoms with van der Waals surface area (Å²) in [6.07, 6.45) is 4.37. The Balaban J connectivity index is 2.14. The van der Waals surface area contributed by atoms with Gasteiger partial charge in [-0.25, -0.2) is 4.98 Å². The Bertz CT molecular complexity index is 421. The van der Waals surface area contributed by atoms with E-state index in [0.29, 0.717) is 5.56 Å². The molecule has 1 aromatic rings. The molecule has 92 valence electrons. The van der Waals surface area contributed by atoms with Crippen molar-refractivity contribution in [1.82, 2.24) is 10.3 Å². The number of aromatic nitrogens is 1. The van der Waals surface area contributed by atoms with Crippen LogP contribution in [0.4, 0.5) is 5.82 Å². The van der Waals surface area contributed by atoms with Gasteiger partial charge in [-0.1, -0.05) is 24.4 Å². The summed E-state index contributed by atoms with van der Waals surface area (Å²) >= 11 is 5.77. The minimum atomic E-state index is -0.134. The van der Waals surface area contributed by atoms with E-state index in [9.17, 15) is 4.79 Å². The zero-order chi connectivity index (χ0) is 12.5.